The molecule has 0 aliphatic heterocycles. The van der Waals surface area contributed by atoms with Crippen LogP contribution in [0.4, 0.5) is 8.78 Å². The fraction of sp³-hybridized carbons (Fsp3) is 0.278. The summed E-state index contributed by atoms with van der Waals surface area (Å²) in [5, 5.41) is 8.67. The highest BCUT2D eigenvalue weighted by Crippen LogP contribution is 2.24. The molecule has 0 bridgehead atoms. The molecule has 0 atom stereocenters. The van der Waals surface area contributed by atoms with Crippen molar-refractivity contribution in [2.24, 2.45) is 0 Å². The van der Waals surface area contributed by atoms with Gasteiger partial charge >= 0.3 is 0 Å². The zero-order valence-electron chi connectivity index (χ0n) is 12.0. The van der Waals surface area contributed by atoms with Crippen molar-refractivity contribution < 1.29 is 8.78 Å². The van der Waals surface area contributed by atoms with Crippen LogP contribution in [0, 0.1) is 23.0 Å². The summed E-state index contributed by atoms with van der Waals surface area (Å²) in [6.07, 6.45) is 4.55. The molecule has 2 aromatic rings. The Hall–Kier alpha value is -2.21. The second kappa shape index (κ2) is 6.99. The monoisotopic (exact) mass is 285 g/mol. The number of halogens is 2. The fourth-order valence-electron chi connectivity index (χ4n) is 2.29. The predicted octanol–water partition coefficient (Wildman–Crippen LogP) is 5.24. The van der Waals surface area contributed by atoms with E-state index in [1.54, 1.807) is 0 Å². The molecule has 0 fully saturated rings. The molecule has 0 saturated heterocycles. The van der Waals surface area contributed by atoms with Gasteiger partial charge in [-0.25, -0.2) is 8.78 Å². The molecule has 108 valence electrons. The van der Waals surface area contributed by atoms with E-state index in [1.165, 1.54) is 36.6 Å². The van der Waals surface area contributed by atoms with E-state index in [2.05, 4.69) is 6.92 Å². The minimum atomic E-state index is -0.820. The van der Waals surface area contributed by atoms with Crippen molar-refractivity contribution >= 4 is 0 Å². The fourth-order valence-corrected chi connectivity index (χ4v) is 2.29. The quantitative estimate of drug-likeness (QED) is 0.689. The Labute approximate surface area is 123 Å². The van der Waals surface area contributed by atoms with E-state index >= 15 is 0 Å². The van der Waals surface area contributed by atoms with Crippen molar-refractivity contribution in [3.8, 4) is 17.2 Å². The summed E-state index contributed by atoms with van der Waals surface area (Å²) >= 11 is 0. The van der Waals surface area contributed by atoms with Crippen LogP contribution < -0.4 is 0 Å². The number of nitrogens with zero attached hydrogens (tertiary/aromatic N) is 1. The molecule has 0 saturated carbocycles. The van der Waals surface area contributed by atoms with E-state index < -0.39 is 17.2 Å². The highest BCUT2D eigenvalue weighted by atomic mass is 19.1. The van der Waals surface area contributed by atoms with Gasteiger partial charge in [-0.2, -0.15) is 5.26 Å². The number of aryl methyl sites for hydroxylation is 1. The first-order valence-corrected chi connectivity index (χ1v) is 7.14. The molecule has 0 N–H and O–H groups in total. The highest BCUT2D eigenvalue weighted by Gasteiger charge is 2.11. The topological polar surface area (TPSA) is 23.8 Å². The van der Waals surface area contributed by atoms with Gasteiger partial charge in [0.25, 0.3) is 0 Å². The normalized spacial score (nSPS) is 10.4. The van der Waals surface area contributed by atoms with Gasteiger partial charge in [-0.05, 0) is 41.7 Å². The van der Waals surface area contributed by atoms with E-state index in [0.29, 0.717) is 5.56 Å². The highest BCUT2D eigenvalue weighted by molar-refractivity contribution is 5.65. The van der Waals surface area contributed by atoms with Crippen LogP contribution in [0.15, 0.2) is 36.4 Å². The van der Waals surface area contributed by atoms with Gasteiger partial charge < -0.3 is 0 Å². The van der Waals surface area contributed by atoms with Crippen LogP contribution in [0.2, 0.25) is 0 Å². The Morgan fingerprint density at radius 1 is 0.952 bits per heavy atom. The summed E-state index contributed by atoms with van der Waals surface area (Å²) in [4.78, 5) is 0. The lowest BCUT2D eigenvalue weighted by atomic mass is 10.00. The third-order valence-electron chi connectivity index (χ3n) is 3.51. The molecule has 0 radical (unpaired) electrons. The van der Waals surface area contributed by atoms with Gasteiger partial charge in [0, 0.05) is 0 Å². The number of benzene rings is 2. The molecule has 0 aliphatic rings. The lowest BCUT2D eigenvalue weighted by Crippen LogP contribution is -1.92. The van der Waals surface area contributed by atoms with Gasteiger partial charge in [0.15, 0.2) is 0 Å². The predicted molar refractivity (Wildman–Crippen MR) is 79.7 cm³/mol. The van der Waals surface area contributed by atoms with Crippen molar-refractivity contribution in [3.63, 3.8) is 0 Å². The smallest absolute Gasteiger partial charge is 0.144 e. The summed E-state index contributed by atoms with van der Waals surface area (Å²) in [6, 6.07) is 11.6. The zero-order chi connectivity index (χ0) is 15.2. The maximum Gasteiger partial charge on any atom is 0.144 e. The van der Waals surface area contributed by atoms with Crippen LogP contribution in [0.3, 0.4) is 0 Å². The Kier molecular flexibility index (Phi) is 5.05. The van der Waals surface area contributed by atoms with Crippen molar-refractivity contribution in [1.82, 2.24) is 0 Å². The molecule has 0 spiro atoms. The number of nitriles is 1. The van der Waals surface area contributed by atoms with Crippen molar-refractivity contribution in [1.29, 1.82) is 5.26 Å². The first-order valence-electron chi connectivity index (χ1n) is 7.14. The number of rotatable bonds is 5. The summed E-state index contributed by atoms with van der Waals surface area (Å²) in [5.74, 6) is -1.64. The number of hydrogen-bond donors (Lipinski definition) is 0. The van der Waals surface area contributed by atoms with Gasteiger partial charge in [0.2, 0.25) is 0 Å². The van der Waals surface area contributed by atoms with Gasteiger partial charge in [0.1, 0.15) is 23.3 Å². The van der Waals surface area contributed by atoms with Crippen molar-refractivity contribution in [3.05, 3.63) is 59.2 Å². The Morgan fingerprint density at radius 2 is 1.57 bits per heavy atom. The van der Waals surface area contributed by atoms with Gasteiger partial charge in [0.05, 0.1) is 0 Å². The summed E-state index contributed by atoms with van der Waals surface area (Å²) < 4.78 is 27.2. The van der Waals surface area contributed by atoms with Crippen LogP contribution in [0.1, 0.15) is 37.3 Å². The molecule has 0 heterocycles. The first kappa shape index (κ1) is 15.2. The van der Waals surface area contributed by atoms with Crippen LogP contribution >= 0.6 is 0 Å². The van der Waals surface area contributed by atoms with E-state index in [9.17, 15) is 8.78 Å². The maximum atomic E-state index is 13.6. The molecule has 0 amide bonds. The molecule has 3 heteroatoms. The Bertz CT molecular complexity index is 631. The van der Waals surface area contributed by atoms with Gasteiger partial charge in [-0.1, -0.05) is 44.0 Å². The van der Waals surface area contributed by atoms with Crippen LogP contribution in [0.5, 0.6) is 0 Å². The molecule has 0 aliphatic carbocycles. The molecule has 2 rings (SSSR count). The van der Waals surface area contributed by atoms with E-state index in [4.69, 9.17) is 5.26 Å². The van der Waals surface area contributed by atoms with E-state index in [-0.39, 0.29) is 0 Å². The third-order valence-corrected chi connectivity index (χ3v) is 3.51. The largest absolute Gasteiger partial charge is 0.205 e. The van der Waals surface area contributed by atoms with Gasteiger partial charge in [-0.3, -0.25) is 0 Å². The molecular weight excluding hydrogens is 268 g/mol. The minimum absolute atomic E-state index is 0.448. The van der Waals surface area contributed by atoms with E-state index in [0.717, 1.165) is 18.4 Å². The second-order valence-electron chi connectivity index (χ2n) is 5.08. The lowest BCUT2D eigenvalue weighted by Gasteiger charge is -2.06. The second-order valence-corrected chi connectivity index (χ2v) is 5.08. The molecule has 2 aromatic carbocycles. The minimum Gasteiger partial charge on any atom is -0.205 e. The lowest BCUT2D eigenvalue weighted by molar-refractivity contribution is 0.577. The van der Waals surface area contributed by atoms with Crippen LogP contribution in [0.25, 0.3) is 11.1 Å². The average molecular weight is 285 g/mol. The average Bonchev–Trinajstić information content (AvgIpc) is 2.48. The molecule has 0 unspecified atom stereocenters. The third kappa shape index (κ3) is 3.66. The van der Waals surface area contributed by atoms with Crippen LogP contribution in [-0.4, -0.2) is 0 Å². The molecule has 21 heavy (non-hydrogen) atoms. The summed E-state index contributed by atoms with van der Waals surface area (Å²) in [7, 11) is 0. The van der Waals surface area contributed by atoms with E-state index in [1.807, 2.05) is 24.3 Å². The SMILES string of the molecule is CCCCCc1ccc(-c2cc(F)c(C#N)c(F)c2)cc1. The zero-order valence-corrected chi connectivity index (χ0v) is 12.0. The Balaban J connectivity index is 2.21. The maximum absolute atomic E-state index is 13.6. The standard InChI is InChI=1S/C18H17F2N/c1-2-3-4-5-13-6-8-14(9-7-13)15-10-17(19)16(12-21)18(20)11-15/h6-11H,2-5H2,1H3. The number of unbranched alkanes of at least 4 members (excludes halogenated alkanes) is 2. The molecular formula is C18H17F2N. The summed E-state index contributed by atoms with van der Waals surface area (Å²) in [5.41, 5.74) is 1.89. The van der Waals surface area contributed by atoms with Crippen LogP contribution in [-0.2, 0) is 6.42 Å². The molecule has 1 nitrogen and oxygen atoms in total. The first-order chi connectivity index (χ1) is 10.2. The van der Waals surface area contributed by atoms with Crippen molar-refractivity contribution in [2.75, 3.05) is 0 Å². The van der Waals surface area contributed by atoms with Gasteiger partial charge in [-0.15, -0.1) is 0 Å². The number of hydrogen-bond acceptors (Lipinski definition) is 1. The summed E-state index contributed by atoms with van der Waals surface area (Å²) in [6.45, 7) is 2.16. The molecule has 0 aromatic heterocycles. The Morgan fingerprint density at radius 3 is 2.10 bits per heavy atom. The van der Waals surface area contributed by atoms with Crippen molar-refractivity contribution in [2.45, 2.75) is 32.6 Å².